The van der Waals surface area contributed by atoms with Crippen LogP contribution in [0.1, 0.15) is 26.4 Å². The lowest BCUT2D eigenvalue weighted by Crippen LogP contribution is -3.08. The Morgan fingerprint density at radius 2 is 1.96 bits per heavy atom. The van der Waals surface area contributed by atoms with Gasteiger partial charge in [-0.15, -0.1) is 11.3 Å². The van der Waals surface area contributed by atoms with Crippen molar-refractivity contribution in [1.82, 2.24) is 0 Å². The number of aryl methyl sites for hydroxylation is 1. The van der Waals surface area contributed by atoms with Crippen LogP contribution in [0.5, 0.6) is 0 Å². The summed E-state index contributed by atoms with van der Waals surface area (Å²) in [4.78, 5) is 26.3. The van der Waals surface area contributed by atoms with Crippen molar-refractivity contribution in [2.45, 2.75) is 20.4 Å². The molecule has 5 nitrogen and oxygen atoms in total. The van der Waals surface area contributed by atoms with E-state index in [1.165, 1.54) is 18.4 Å². The van der Waals surface area contributed by atoms with Crippen LogP contribution in [0.15, 0.2) is 24.3 Å². The molecule has 0 aliphatic heterocycles. The number of ether oxygens (including phenoxy) is 1. The molecule has 0 aliphatic carbocycles. The van der Waals surface area contributed by atoms with E-state index in [1.54, 1.807) is 0 Å². The molecule has 0 spiro atoms. The smallest absolute Gasteiger partial charge is 0.341 e. The number of hydrogen-bond donors (Lipinski definition) is 2. The molecule has 25 heavy (non-hydrogen) atoms. The van der Waals surface area contributed by atoms with Crippen LogP contribution in [0, 0.1) is 13.8 Å². The van der Waals surface area contributed by atoms with Crippen LogP contribution in [0.3, 0.4) is 0 Å². The summed E-state index contributed by atoms with van der Waals surface area (Å²) in [5.41, 5.74) is 2.26. The number of anilines is 1. The Hall–Kier alpha value is -1.89. The summed E-state index contributed by atoms with van der Waals surface area (Å²) in [6, 6.07) is 7.59. The second-order valence-electron chi connectivity index (χ2n) is 5.93. The van der Waals surface area contributed by atoms with Gasteiger partial charge in [0.25, 0.3) is 5.91 Å². The fourth-order valence-corrected chi connectivity index (χ4v) is 3.80. The van der Waals surface area contributed by atoms with Gasteiger partial charge in [0, 0.05) is 15.5 Å². The predicted octanol–water partition coefficient (Wildman–Crippen LogP) is 2.46. The first-order valence-corrected chi connectivity index (χ1v) is 9.05. The van der Waals surface area contributed by atoms with Crippen LogP contribution in [0.4, 0.5) is 5.00 Å². The molecule has 1 unspecified atom stereocenters. The Kier molecular flexibility index (Phi) is 6.58. The molecule has 0 radical (unpaired) electrons. The molecule has 1 atom stereocenters. The van der Waals surface area contributed by atoms with Crippen molar-refractivity contribution in [1.29, 1.82) is 0 Å². The average molecular weight is 382 g/mol. The maximum atomic E-state index is 12.4. The number of carbonyl (C=O) groups excluding carboxylic acids is 2. The molecule has 1 aromatic heterocycles. The van der Waals surface area contributed by atoms with Gasteiger partial charge in [0.15, 0.2) is 6.54 Å². The van der Waals surface area contributed by atoms with Gasteiger partial charge in [-0.05, 0) is 25.5 Å². The summed E-state index contributed by atoms with van der Waals surface area (Å²) in [5.74, 6) is -0.593. The highest BCUT2D eigenvalue weighted by Crippen LogP contribution is 2.32. The molecule has 2 N–H and O–H groups in total. The SMILES string of the molecule is COC(=O)c1c(NC(=O)C[NH+](C)Cc2ccccc2Cl)sc(C)c1C. The van der Waals surface area contributed by atoms with Gasteiger partial charge in [-0.3, -0.25) is 4.79 Å². The zero-order valence-electron chi connectivity index (χ0n) is 14.7. The van der Waals surface area contributed by atoms with Gasteiger partial charge in [0.1, 0.15) is 11.5 Å². The van der Waals surface area contributed by atoms with Gasteiger partial charge < -0.3 is 15.0 Å². The number of likely N-dealkylation sites (N-methyl/N-ethyl adjacent to an activating group) is 1. The standard InChI is InChI=1S/C18H21ClN2O3S/c1-11-12(2)25-17(16(11)18(23)24-4)20-15(22)10-21(3)9-13-7-5-6-8-14(13)19/h5-8H,9-10H2,1-4H3,(H,20,22)/p+1. The molecule has 7 heteroatoms. The minimum Gasteiger partial charge on any atom is -0.465 e. The van der Waals surface area contributed by atoms with Crippen molar-refractivity contribution < 1.29 is 19.2 Å². The number of methoxy groups -OCH3 is 1. The maximum Gasteiger partial charge on any atom is 0.341 e. The first kappa shape index (κ1) is 19.4. The Morgan fingerprint density at radius 3 is 2.60 bits per heavy atom. The normalized spacial score (nSPS) is 11.9. The van der Waals surface area contributed by atoms with Crippen molar-refractivity contribution in [3.05, 3.63) is 50.9 Å². The van der Waals surface area contributed by atoms with Crippen LogP contribution in [-0.4, -0.2) is 32.6 Å². The van der Waals surface area contributed by atoms with Gasteiger partial charge in [-0.25, -0.2) is 4.79 Å². The van der Waals surface area contributed by atoms with Gasteiger partial charge in [-0.1, -0.05) is 29.8 Å². The second kappa shape index (κ2) is 8.47. The second-order valence-corrected chi connectivity index (χ2v) is 7.56. The van der Waals surface area contributed by atoms with E-state index in [-0.39, 0.29) is 12.5 Å². The summed E-state index contributed by atoms with van der Waals surface area (Å²) >= 11 is 7.55. The minimum atomic E-state index is -0.436. The molecular formula is C18H22ClN2O3S+. The molecule has 2 aromatic rings. The summed E-state index contributed by atoms with van der Waals surface area (Å²) in [6.07, 6.45) is 0. The largest absolute Gasteiger partial charge is 0.465 e. The molecule has 0 bridgehead atoms. The summed E-state index contributed by atoms with van der Waals surface area (Å²) in [5, 5.41) is 4.08. The molecule has 0 fully saturated rings. The van der Waals surface area contributed by atoms with E-state index in [0.29, 0.717) is 22.1 Å². The topological polar surface area (TPSA) is 59.8 Å². The molecule has 0 saturated carbocycles. The van der Waals surface area contributed by atoms with Crippen molar-refractivity contribution in [3.63, 3.8) is 0 Å². The number of thiophene rings is 1. The number of amides is 1. The summed E-state index contributed by atoms with van der Waals surface area (Å²) in [7, 11) is 3.26. The monoisotopic (exact) mass is 381 g/mol. The Labute approximate surface area is 156 Å². The summed E-state index contributed by atoms with van der Waals surface area (Å²) < 4.78 is 4.82. The fourth-order valence-electron chi connectivity index (χ4n) is 2.54. The van der Waals surface area contributed by atoms with Crippen molar-refractivity contribution in [2.75, 3.05) is 26.0 Å². The van der Waals surface area contributed by atoms with Crippen LogP contribution in [0.2, 0.25) is 5.02 Å². The quantitative estimate of drug-likeness (QED) is 0.756. The van der Waals surface area contributed by atoms with Crippen molar-refractivity contribution in [3.8, 4) is 0 Å². The number of quaternary nitrogens is 1. The highest BCUT2D eigenvalue weighted by Gasteiger charge is 2.22. The van der Waals surface area contributed by atoms with E-state index < -0.39 is 5.97 Å². The van der Waals surface area contributed by atoms with Crippen molar-refractivity contribution in [2.24, 2.45) is 0 Å². The number of benzene rings is 1. The van der Waals surface area contributed by atoms with Crippen molar-refractivity contribution >= 4 is 39.8 Å². The van der Waals surface area contributed by atoms with Crippen LogP contribution < -0.4 is 10.2 Å². The third-order valence-corrected chi connectivity index (χ3v) is 5.43. The molecule has 0 aliphatic rings. The number of esters is 1. The van der Waals surface area contributed by atoms with Crippen LogP contribution in [0.25, 0.3) is 0 Å². The highest BCUT2D eigenvalue weighted by molar-refractivity contribution is 7.16. The van der Waals surface area contributed by atoms with Gasteiger partial charge in [0.05, 0.1) is 19.7 Å². The molecule has 134 valence electrons. The first-order chi connectivity index (χ1) is 11.8. The maximum absolute atomic E-state index is 12.4. The lowest BCUT2D eigenvalue weighted by Gasteiger charge is -2.14. The zero-order chi connectivity index (χ0) is 18.6. The Bertz CT molecular complexity index is 789. The number of halogens is 1. The average Bonchev–Trinajstić information content (AvgIpc) is 2.83. The van der Waals surface area contributed by atoms with Crippen LogP contribution in [-0.2, 0) is 16.1 Å². The van der Waals surface area contributed by atoms with E-state index in [0.717, 1.165) is 20.9 Å². The molecule has 2 rings (SSSR count). The molecule has 1 aromatic carbocycles. The van der Waals surface area contributed by atoms with E-state index >= 15 is 0 Å². The fraction of sp³-hybridized carbons (Fsp3) is 0.333. The number of nitrogens with one attached hydrogen (secondary N) is 2. The van der Waals surface area contributed by atoms with E-state index in [9.17, 15) is 9.59 Å². The number of hydrogen-bond acceptors (Lipinski definition) is 4. The van der Waals surface area contributed by atoms with Gasteiger partial charge in [0.2, 0.25) is 0 Å². The van der Waals surface area contributed by atoms with Gasteiger partial charge in [-0.2, -0.15) is 0 Å². The minimum absolute atomic E-state index is 0.157. The molecule has 1 amide bonds. The van der Waals surface area contributed by atoms with E-state index in [2.05, 4.69) is 5.32 Å². The summed E-state index contributed by atoms with van der Waals surface area (Å²) in [6.45, 7) is 4.67. The van der Waals surface area contributed by atoms with E-state index in [1.807, 2.05) is 45.2 Å². The van der Waals surface area contributed by atoms with Crippen LogP contribution >= 0.6 is 22.9 Å². The molecular weight excluding hydrogens is 360 g/mol. The Balaban J connectivity index is 2.04. The first-order valence-electron chi connectivity index (χ1n) is 7.86. The van der Waals surface area contributed by atoms with Gasteiger partial charge >= 0.3 is 5.97 Å². The van der Waals surface area contributed by atoms with E-state index in [4.69, 9.17) is 16.3 Å². The lowest BCUT2D eigenvalue weighted by molar-refractivity contribution is -0.885. The zero-order valence-corrected chi connectivity index (χ0v) is 16.3. The lowest BCUT2D eigenvalue weighted by atomic mass is 10.1. The predicted molar refractivity (Wildman–Crippen MR) is 101 cm³/mol. The highest BCUT2D eigenvalue weighted by atomic mass is 35.5. The third-order valence-electron chi connectivity index (χ3n) is 3.94. The Morgan fingerprint density at radius 1 is 1.28 bits per heavy atom. The molecule has 0 saturated heterocycles. The molecule has 1 heterocycles. The number of carbonyl (C=O) groups is 2. The third kappa shape index (κ3) is 4.81. The number of rotatable bonds is 6.